The molecule has 0 spiro atoms. The number of rotatable bonds is 2. The molecule has 0 unspecified atom stereocenters. The maximum Gasteiger partial charge on any atom is 0.348 e. The number of nitrogens with two attached hydrogens (primary N) is 1. The van der Waals surface area contributed by atoms with Crippen molar-refractivity contribution in [2.24, 2.45) is 0 Å². The van der Waals surface area contributed by atoms with Crippen LogP contribution in [0.3, 0.4) is 0 Å². The summed E-state index contributed by atoms with van der Waals surface area (Å²) in [5, 5.41) is 0. The number of carbonyl (C=O) groups is 2. The first-order valence-electron chi connectivity index (χ1n) is 6.05. The average Bonchev–Trinajstić information content (AvgIpc) is 2.31. The van der Waals surface area contributed by atoms with E-state index in [9.17, 15) is 18.0 Å². The minimum absolute atomic E-state index is 0.227. The van der Waals surface area contributed by atoms with Crippen molar-refractivity contribution in [3.63, 3.8) is 0 Å². The molecule has 8 nitrogen and oxygen atoms in total. The van der Waals surface area contributed by atoms with E-state index in [0.717, 1.165) is 12.1 Å². The number of esters is 2. The van der Waals surface area contributed by atoms with Crippen molar-refractivity contribution >= 4 is 33.8 Å². The lowest BCUT2D eigenvalue weighted by Gasteiger charge is -2.29. The largest absolute Gasteiger partial charge is 0.419 e. The molecule has 1 aliphatic heterocycles. The minimum atomic E-state index is -4.45. The van der Waals surface area contributed by atoms with Gasteiger partial charge in [-0.2, -0.15) is 8.42 Å². The Morgan fingerprint density at radius 3 is 2.18 bits per heavy atom. The van der Waals surface area contributed by atoms with Gasteiger partial charge in [0.1, 0.15) is 10.5 Å². The van der Waals surface area contributed by atoms with Gasteiger partial charge in [0.25, 0.3) is 15.9 Å². The molecule has 9 heteroatoms. The fourth-order valence-corrected chi connectivity index (χ4v) is 2.43. The van der Waals surface area contributed by atoms with Gasteiger partial charge in [-0.25, -0.2) is 9.59 Å². The van der Waals surface area contributed by atoms with Gasteiger partial charge in [-0.05, 0) is 23.8 Å². The highest BCUT2D eigenvalue weighted by molar-refractivity contribution is 7.86. The van der Waals surface area contributed by atoms with E-state index in [4.69, 9.17) is 19.8 Å². The lowest BCUT2D eigenvalue weighted by atomic mass is 10.1. The SMILES string of the molecule is CC1(C)OC(=O)C(=Cc2ccc(S(=O)(=O)O)c(N)c2)C(=O)O1. The molecular formula is C13H13NO7S. The van der Waals surface area contributed by atoms with Crippen LogP contribution in [0, 0.1) is 0 Å². The third-order valence-corrected chi connectivity index (χ3v) is 3.67. The van der Waals surface area contributed by atoms with E-state index >= 15 is 0 Å². The molecule has 0 aromatic heterocycles. The monoisotopic (exact) mass is 327 g/mol. The molecule has 0 aliphatic carbocycles. The second kappa shape index (κ2) is 5.11. The third kappa shape index (κ3) is 3.26. The molecule has 0 saturated carbocycles. The second-order valence-electron chi connectivity index (χ2n) is 5.01. The smallest absolute Gasteiger partial charge is 0.348 e. The Labute approximate surface area is 126 Å². The summed E-state index contributed by atoms with van der Waals surface area (Å²) in [7, 11) is -4.45. The Hall–Kier alpha value is -2.39. The van der Waals surface area contributed by atoms with E-state index in [1.165, 1.54) is 26.0 Å². The molecule has 0 amide bonds. The van der Waals surface area contributed by atoms with Gasteiger partial charge in [0, 0.05) is 13.8 Å². The van der Waals surface area contributed by atoms with Crippen molar-refractivity contribution in [3.05, 3.63) is 29.3 Å². The highest BCUT2D eigenvalue weighted by Gasteiger charge is 2.38. The molecule has 1 aromatic rings. The summed E-state index contributed by atoms with van der Waals surface area (Å²) >= 11 is 0. The average molecular weight is 327 g/mol. The highest BCUT2D eigenvalue weighted by atomic mass is 32.2. The van der Waals surface area contributed by atoms with Crippen molar-refractivity contribution in [1.82, 2.24) is 0 Å². The lowest BCUT2D eigenvalue weighted by Crippen LogP contribution is -2.41. The molecule has 1 saturated heterocycles. The Balaban J connectivity index is 2.40. The van der Waals surface area contributed by atoms with E-state index < -0.39 is 32.7 Å². The number of hydrogen-bond acceptors (Lipinski definition) is 7. The van der Waals surface area contributed by atoms with E-state index in [-0.39, 0.29) is 16.8 Å². The summed E-state index contributed by atoms with van der Waals surface area (Å²) in [6, 6.07) is 3.52. The van der Waals surface area contributed by atoms with Crippen molar-refractivity contribution in [2.45, 2.75) is 24.5 Å². The van der Waals surface area contributed by atoms with Crippen LogP contribution >= 0.6 is 0 Å². The van der Waals surface area contributed by atoms with Crippen LogP contribution in [0.1, 0.15) is 19.4 Å². The number of anilines is 1. The quantitative estimate of drug-likeness (QED) is 0.267. The van der Waals surface area contributed by atoms with Crippen LogP contribution in [0.25, 0.3) is 6.08 Å². The molecule has 1 fully saturated rings. The van der Waals surface area contributed by atoms with Gasteiger partial charge < -0.3 is 15.2 Å². The number of ether oxygens (including phenoxy) is 2. The van der Waals surface area contributed by atoms with Crippen LogP contribution in [-0.4, -0.2) is 30.7 Å². The highest BCUT2D eigenvalue weighted by Crippen LogP contribution is 2.26. The number of benzene rings is 1. The Morgan fingerprint density at radius 1 is 1.18 bits per heavy atom. The number of carbonyl (C=O) groups excluding carboxylic acids is 2. The van der Waals surface area contributed by atoms with E-state index in [1.807, 2.05) is 0 Å². The molecule has 1 aromatic carbocycles. The summed E-state index contributed by atoms with van der Waals surface area (Å²) in [6.45, 7) is 2.83. The molecule has 3 N–H and O–H groups in total. The minimum Gasteiger partial charge on any atom is -0.419 e. The number of nitrogen functional groups attached to an aromatic ring is 1. The fraction of sp³-hybridized carbons (Fsp3) is 0.231. The zero-order valence-electron chi connectivity index (χ0n) is 11.7. The van der Waals surface area contributed by atoms with E-state index in [1.54, 1.807) is 0 Å². The molecule has 0 atom stereocenters. The van der Waals surface area contributed by atoms with Crippen molar-refractivity contribution in [1.29, 1.82) is 0 Å². The maximum atomic E-state index is 11.8. The lowest BCUT2D eigenvalue weighted by molar-refractivity contribution is -0.222. The first-order chi connectivity index (χ1) is 9.99. The first kappa shape index (κ1) is 16.0. The Morgan fingerprint density at radius 2 is 1.73 bits per heavy atom. The topological polar surface area (TPSA) is 133 Å². The van der Waals surface area contributed by atoms with Crippen LogP contribution in [0.4, 0.5) is 5.69 Å². The summed E-state index contributed by atoms with van der Waals surface area (Å²) in [5.41, 5.74) is 5.22. The summed E-state index contributed by atoms with van der Waals surface area (Å²) in [6.07, 6.45) is 1.16. The summed E-state index contributed by atoms with van der Waals surface area (Å²) in [4.78, 5) is 23.1. The van der Waals surface area contributed by atoms with Crippen LogP contribution in [0.5, 0.6) is 0 Å². The predicted molar refractivity (Wildman–Crippen MR) is 74.9 cm³/mol. The van der Waals surface area contributed by atoms with Crippen molar-refractivity contribution in [3.8, 4) is 0 Å². The maximum absolute atomic E-state index is 11.8. The van der Waals surface area contributed by atoms with Crippen LogP contribution in [-0.2, 0) is 29.2 Å². The zero-order chi connectivity index (χ0) is 16.7. The standard InChI is InChI=1S/C13H13NO7S/c1-13(2)20-11(15)8(12(16)21-13)5-7-3-4-10(9(14)6-7)22(17,18)19/h3-6H,14H2,1-2H3,(H,17,18,19). The van der Waals surface area contributed by atoms with E-state index in [0.29, 0.717) is 0 Å². The summed E-state index contributed by atoms with van der Waals surface area (Å²) < 4.78 is 40.9. The van der Waals surface area contributed by atoms with Gasteiger partial charge in [0.15, 0.2) is 0 Å². The molecule has 118 valence electrons. The normalized spacial score (nSPS) is 17.7. The summed E-state index contributed by atoms with van der Waals surface area (Å²) in [5.74, 6) is -3.07. The molecule has 22 heavy (non-hydrogen) atoms. The van der Waals surface area contributed by atoms with Crippen molar-refractivity contribution < 1.29 is 32.0 Å². The van der Waals surface area contributed by atoms with Gasteiger partial charge in [-0.15, -0.1) is 0 Å². The van der Waals surface area contributed by atoms with Gasteiger partial charge >= 0.3 is 11.9 Å². The molecule has 2 rings (SSSR count). The molecule has 1 aliphatic rings. The third-order valence-electron chi connectivity index (χ3n) is 2.74. The molecular weight excluding hydrogens is 314 g/mol. The molecule has 1 heterocycles. The second-order valence-corrected chi connectivity index (χ2v) is 6.40. The number of hydrogen-bond donors (Lipinski definition) is 2. The zero-order valence-corrected chi connectivity index (χ0v) is 12.5. The molecule has 0 bridgehead atoms. The van der Waals surface area contributed by atoms with Crippen LogP contribution in [0.15, 0.2) is 28.7 Å². The first-order valence-corrected chi connectivity index (χ1v) is 7.49. The number of cyclic esters (lactones) is 2. The van der Waals surface area contributed by atoms with Crippen molar-refractivity contribution in [2.75, 3.05) is 5.73 Å². The van der Waals surface area contributed by atoms with Gasteiger partial charge in [0.2, 0.25) is 0 Å². The van der Waals surface area contributed by atoms with Gasteiger partial charge in [-0.1, -0.05) is 6.07 Å². The van der Waals surface area contributed by atoms with Crippen LogP contribution < -0.4 is 5.73 Å². The Bertz CT molecular complexity index is 771. The fourth-order valence-electron chi connectivity index (χ4n) is 1.84. The predicted octanol–water partition coefficient (Wildman–Crippen LogP) is 0.735. The molecule has 0 radical (unpaired) electrons. The van der Waals surface area contributed by atoms with Gasteiger partial charge in [0.05, 0.1) is 5.69 Å². The Kier molecular flexibility index (Phi) is 3.71. The van der Waals surface area contributed by atoms with Crippen LogP contribution in [0.2, 0.25) is 0 Å². The van der Waals surface area contributed by atoms with Gasteiger partial charge in [-0.3, -0.25) is 4.55 Å². The van der Waals surface area contributed by atoms with E-state index in [2.05, 4.69) is 0 Å².